The number of rotatable bonds is 5. The van der Waals surface area contributed by atoms with E-state index < -0.39 is 5.97 Å². The normalized spacial score (nSPS) is 16.9. The molecule has 1 aromatic rings. The number of amides is 1. The van der Waals surface area contributed by atoms with Crippen LogP contribution in [0.1, 0.15) is 12.8 Å². The Bertz CT molecular complexity index is 446. The molecule has 1 aliphatic rings. The minimum atomic E-state index is -0.816. The molecule has 0 unspecified atom stereocenters. The second-order valence-electron chi connectivity index (χ2n) is 4.92. The minimum absolute atomic E-state index is 0.0509. The molecule has 1 amide bonds. The molecule has 7 nitrogen and oxygen atoms in total. The average molecular weight is 280 g/mol. The molecule has 0 radical (unpaired) electrons. The summed E-state index contributed by atoms with van der Waals surface area (Å²) in [6.45, 7) is 3.30. The fourth-order valence-corrected chi connectivity index (χ4v) is 2.37. The summed E-state index contributed by atoms with van der Waals surface area (Å²) in [7, 11) is 0. The van der Waals surface area contributed by atoms with Crippen LogP contribution in [0, 0.1) is 0 Å². The first kappa shape index (κ1) is 14.5. The molecule has 1 aliphatic heterocycles. The molecule has 1 fully saturated rings. The summed E-state index contributed by atoms with van der Waals surface area (Å²) in [4.78, 5) is 26.5. The summed E-state index contributed by atoms with van der Waals surface area (Å²) in [6, 6.07) is 1.83. The van der Waals surface area contributed by atoms with Crippen LogP contribution in [0.3, 0.4) is 0 Å². The van der Waals surface area contributed by atoms with E-state index in [0.29, 0.717) is 32.6 Å². The number of aliphatic carboxylic acids is 1. The van der Waals surface area contributed by atoms with E-state index in [4.69, 9.17) is 5.11 Å². The first-order chi connectivity index (χ1) is 9.65. The number of carbonyl (C=O) groups is 2. The van der Waals surface area contributed by atoms with Crippen molar-refractivity contribution in [1.29, 1.82) is 0 Å². The molecular formula is C13H20N4O3. The van der Waals surface area contributed by atoms with Gasteiger partial charge in [-0.2, -0.15) is 5.10 Å². The summed E-state index contributed by atoms with van der Waals surface area (Å²) < 4.78 is 1.74. The summed E-state index contributed by atoms with van der Waals surface area (Å²) in [5, 5.41) is 12.9. The zero-order valence-electron chi connectivity index (χ0n) is 11.4. The molecule has 0 aliphatic carbocycles. The van der Waals surface area contributed by atoms with Crippen LogP contribution >= 0.6 is 0 Å². The van der Waals surface area contributed by atoms with Crippen LogP contribution in [0.25, 0.3) is 0 Å². The topological polar surface area (TPSA) is 78.7 Å². The monoisotopic (exact) mass is 280 g/mol. The Kier molecular flexibility index (Phi) is 5.11. The molecule has 0 saturated carbocycles. The maximum Gasteiger partial charge on any atom is 0.317 e. The van der Waals surface area contributed by atoms with Gasteiger partial charge in [0.25, 0.3) is 0 Å². The molecule has 0 atom stereocenters. The molecule has 0 spiro atoms. The van der Waals surface area contributed by atoms with Crippen molar-refractivity contribution in [2.45, 2.75) is 19.4 Å². The van der Waals surface area contributed by atoms with E-state index in [2.05, 4.69) is 5.10 Å². The predicted octanol–water partition coefficient (Wildman–Crippen LogP) is -0.108. The average Bonchev–Trinajstić information content (AvgIpc) is 2.82. The van der Waals surface area contributed by atoms with Gasteiger partial charge in [-0.05, 0) is 12.5 Å². The second-order valence-corrected chi connectivity index (χ2v) is 4.92. The van der Waals surface area contributed by atoms with E-state index in [1.807, 2.05) is 22.1 Å². The molecule has 2 heterocycles. The number of aryl methyl sites for hydroxylation is 1. The number of carboxylic acid groups (broad SMARTS) is 1. The van der Waals surface area contributed by atoms with E-state index in [1.165, 1.54) is 0 Å². The highest BCUT2D eigenvalue weighted by molar-refractivity contribution is 5.76. The Labute approximate surface area is 117 Å². The molecule has 110 valence electrons. The lowest BCUT2D eigenvalue weighted by Gasteiger charge is -2.21. The van der Waals surface area contributed by atoms with E-state index in [9.17, 15) is 9.59 Å². The molecule has 20 heavy (non-hydrogen) atoms. The van der Waals surface area contributed by atoms with Crippen molar-refractivity contribution in [3.63, 3.8) is 0 Å². The fourth-order valence-electron chi connectivity index (χ4n) is 2.37. The van der Waals surface area contributed by atoms with E-state index >= 15 is 0 Å². The third kappa shape index (κ3) is 4.34. The third-order valence-electron chi connectivity index (χ3n) is 3.41. The number of carboxylic acids is 1. The van der Waals surface area contributed by atoms with Crippen molar-refractivity contribution in [3.8, 4) is 0 Å². The van der Waals surface area contributed by atoms with E-state index in [0.717, 1.165) is 13.0 Å². The van der Waals surface area contributed by atoms with Gasteiger partial charge in [0.15, 0.2) is 0 Å². The first-order valence-corrected chi connectivity index (χ1v) is 6.84. The minimum Gasteiger partial charge on any atom is -0.480 e. The molecular weight excluding hydrogens is 260 g/mol. The Hall–Kier alpha value is -1.89. The highest BCUT2D eigenvalue weighted by Crippen LogP contribution is 2.05. The van der Waals surface area contributed by atoms with Crippen LogP contribution in [-0.2, 0) is 16.1 Å². The second kappa shape index (κ2) is 7.04. The highest BCUT2D eigenvalue weighted by Gasteiger charge is 2.19. The maximum absolute atomic E-state index is 12.1. The van der Waals surface area contributed by atoms with Crippen molar-refractivity contribution >= 4 is 11.9 Å². The summed E-state index contributed by atoms with van der Waals surface area (Å²) in [5.74, 6) is -0.707. The van der Waals surface area contributed by atoms with Crippen molar-refractivity contribution in [3.05, 3.63) is 18.5 Å². The van der Waals surface area contributed by atoms with Crippen molar-refractivity contribution < 1.29 is 14.7 Å². The van der Waals surface area contributed by atoms with Gasteiger partial charge in [-0.1, -0.05) is 0 Å². The number of nitrogens with zero attached hydrogens (tertiary/aromatic N) is 4. The van der Waals surface area contributed by atoms with Crippen LogP contribution in [0.15, 0.2) is 18.5 Å². The number of aromatic nitrogens is 2. The number of hydrogen-bond donors (Lipinski definition) is 1. The van der Waals surface area contributed by atoms with Gasteiger partial charge in [0.05, 0.1) is 6.54 Å². The van der Waals surface area contributed by atoms with Gasteiger partial charge in [-0.3, -0.25) is 19.2 Å². The van der Waals surface area contributed by atoms with Crippen molar-refractivity contribution in [2.75, 3.05) is 32.7 Å². The van der Waals surface area contributed by atoms with Crippen LogP contribution in [0.2, 0.25) is 0 Å². The van der Waals surface area contributed by atoms with Gasteiger partial charge < -0.3 is 10.0 Å². The molecule has 1 aromatic heterocycles. The molecule has 1 saturated heterocycles. The zero-order chi connectivity index (χ0) is 14.4. The quantitative estimate of drug-likeness (QED) is 0.814. The van der Waals surface area contributed by atoms with E-state index in [-0.39, 0.29) is 12.5 Å². The lowest BCUT2D eigenvalue weighted by atomic mass is 10.3. The molecule has 0 bridgehead atoms. The van der Waals surface area contributed by atoms with Crippen LogP contribution < -0.4 is 0 Å². The van der Waals surface area contributed by atoms with Gasteiger partial charge >= 0.3 is 5.97 Å². The fraction of sp³-hybridized carbons (Fsp3) is 0.615. The maximum atomic E-state index is 12.1. The van der Waals surface area contributed by atoms with Crippen LogP contribution in [0.4, 0.5) is 0 Å². The molecule has 2 rings (SSSR count). The molecule has 1 N–H and O–H groups in total. The Morgan fingerprint density at radius 2 is 2.05 bits per heavy atom. The number of carbonyl (C=O) groups excluding carboxylic acids is 1. The highest BCUT2D eigenvalue weighted by atomic mass is 16.4. The Morgan fingerprint density at radius 1 is 1.20 bits per heavy atom. The lowest BCUT2D eigenvalue weighted by molar-refractivity contribution is -0.138. The largest absolute Gasteiger partial charge is 0.480 e. The Morgan fingerprint density at radius 3 is 2.75 bits per heavy atom. The lowest BCUT2D eigenvalue weighted by Crippen LogP contribution is -2.37. The van der Waals surface area contributed by atoms with Gasteiger partial charge in [-0.25, -0.2) is 0 Å². The van der Waals surface area contributed by atoms with Crippen LogP contribution in [0.5, 0.6) is 0 Å². The van der Waals surface area contributed by atoms with Crippen molar-refractivity contribution in [2.24, 2.45) is 0 Å². The van der Waals surface area contributed by atoms with Crippen LogP contribution in [-0.4, -0.2) is 69.3 Å². The molecule has 7 heteroatoms. The summed E-state index contributed by atoms with van der Waals surface area (Å²) >= 11 is 0. The Balaban J connectivity index is 1.77. The number of hydrogen-bond acceptors (Lipinski definition) is 4. The van der Waals surface area contributed by atoms with Gasteiger partial charge in [0, 0.05) is 51.5 Å². The SMILES string of the molecule is O=C(O)CN1CCCN(C(=O)CCn2cccn2)CC1. The summed E-state index contributed by atoms with van der Waals surface area (Å²) in [6.07, 6.45) is 4.78. The van der Waals surface area contributed by atoms with Gasteiger partial charge in [-0.15, -0.1) is 0 Å². The first-order valence-electron chi connectivity index (χ1n) is 6.84. The summed E-state index contributed by atoms with van der Waals surface area (Å²) in [5.41, 5.74) is 0. The predicted molar refractivity (Wildman–Crippen MR) is 72.1 cm³/mol. The van der Waals surface area contributed by atoms with Crippen molar-refractivity contribution in [1.82, 2.24) is 19.6 Å². The molecule has 0 aromatic carbocycles. The standard InChI is InChI=1S/C13H20N4O3/c18-12(3-8-17-7-1-4-14-17)16-6-2-5-15(9-10-16)11-13(19)20/h1,4,7H,2-3,5-6,8-11H2,(H,19,20). The van der Waals surface area contributed by atoms with E-state index in [1.54, 1.807) is 10.9 Å². The zero-order valence-corrected chi connectivity index (χ0v) is 11.4. The smallest absolute Gasteiger partial charge is 0.317 e. The van der Waals surface area contributed by atoms with Gasteiger partial charge in [0.1, 0.15) is 0 Å². The third-order valence-corrected chi connectivity index (χ3v) is 3.41. The van der Waals surface area contributed by atoms with Gasteiger partial charge in [0.2, 0.25) is 5.91 Å².